The van der Waals surface area contributed by atoms with E-state index in [0.29, 0.717) is 43.7 Å². The number of carbonyl (C=O) groups is 1. The van der Waals surface area contributed by atoms with Crippen molar-refractivity contribution in [1.82, 2.24) is 0 Å². The van der Waals surface area contributed by atoms with E-state index in [0.717, 1.165) is 38.5 Å². The van der Waals surface area contributed by atoms with Gasteiger partial charge in [-0.2, -0.15) is 8.78 Å². The van der Waals surface area contributed by atoms with Crippen molar-refractivity contribution in [1.29, 1.82) is 0 Å². The lowest BCUT2D eigenvalue weighted by Gasteiger charge is -2.60. The van der Waals surface area contributed by atoms with E-state index in [1.54, 1.807) is 6.08 Å². The lowest BCUT2D eigenvalue weighted by atomic mass is 9.47. The average Bonchev–Trinajstić information content (AvgIpc) is 3.58. The molecule has 1 saturated heterocycles. The van der Waals surface area contributed by atoms with Crippen molar-refractivity contribution < 1.29 is 27.8 Å². The highest BCUT2D eigenvalue weighted by Gasteiger charge is 2.71. The van der Waals surface area contributed by atoms with E-state index in [1.807, 2.05) is 6.92 Å². The quantitative estimate of drug-likeness (QED) is 0.245. The SMILES string of the molecule is CC(=O)O[C@@]1(OC2CCCCO2)CC[C@@]2(C)C(=CC[C@@H]3[C@@H]2CC[C@]2(C)C(=NC4CC4)CC[C@@H]32)C1(F)F. The third kappa shape index (κ3) is 3.73. The van der Waals surface area contributed by atoms with Gasteiger partial charge in [-0.3, -0.25) is 9.79 Å². The van der Waals surface area contributed by atoms with Crippen molar-refractivity contribution in [2.75, 3.05) is 6.61 Å². The minimum Gasteiger partial charge on any atom is -0.426 e. The van der Waals surface area contributed by atoms with E-state index in [-0.39, 0.29) is 23.3 Å². The molecule has 36 heavy (non-hydrogen) atoms. The molecule has 200 valence electrons. The highest BCUT2D eigenvalue weighted by atomic mass is 19.3. The predicted molar refractivity (Wildman–Crippen MR) is 132 cm³/mol. The van der Waals surface area contributed by atoms with Crippen LogP contribution >= 0.6 is 0 Å². The van der Waals surface area contributed by atoms with Gasteiger partial charge in [-0.1, -0.05) is 19.9 Å². The molecule has 0 amide bonds. The lowest BCUT2D eigenvalue weighted by molar-refractivity contribution is -0.376. The number of esters is 1. The molecule has 5 aliphatic carbocycles. The molecule has 0 bridgehead atoms. The van der Waals surface area contributed by atoms with E-state index in [1.165, 1.54) is 25.5 Å². The lowest BCUT2D eigenvalue weighted by Crippen LogP contribution is -2.64. The van der Waals surface area contributed by atoms with Crippen molar-refractivity contribution in [2.24, 2.45) is 33.6 Å². The van der Waals surface area contributed by atoms with Crippen LogP contribution in [0.25, 0.3) is 0 Å². The first-order chi connectivity index (χ1) is 17.1. The number of hydrogen-bond donors (Lipinski definition) is 0. The number of nitrogens with zero attached hydrogens (tertiary/aromatic N) is 1. The van der Waals surface area contributed by atoms with Crippen LogP contribution in [-0.4, -0.2) is 42.3 Å². The Kier molecular flexibility index (Phi) is 5.96. The van der Waals surface area contributed by atoms with Gasteiger partial charge in [0.1, 0.15) is 0 Å². The molecule has 1 aliphatic heterocycles. The Morgan fingerprint density at radius 1 is 1.03 bits per heavy atom. The Morgan fingerprint density at radius 2 is 1.81 bits per heavy atom. The van der Waals surface area contributed by atoms with E-state index < -0.39 is 29.4 Å². The van der Waals surface area contributed by atoms with Gasteiger partial charge in [0.15, 0.2) is 6.29 Å². The number of ether oxygens (including phenoxy) is 3. The first kappa shape index (κ1) is 25.0. The van der Waals surface area contributed by atoms with Crippen LogP contribution in [0, 0.1) is 28.6 Å². The molecule has 7 heteroatoms. The summed E-state index contributed by atoms with van der Waals surface area (Å²) in [5.74, 6) is -5.37. The molecule has 1 unspecified atom stereocenters. The molecule has 6 rings (SSSR count). The van der Waals surface area contributed by atoms with Gasteiger partial charge >= 0.3 is 11.9 Å². The minimum atomic E-state index is -3.41. The zero-order valence-corrected chi connectivity index (χ0v) is 22.0. The van der Waals surface area contributed by atoms with Crippen molar-refractivity contribution in [3.8, 4) is 0 Å². The van der Waals surface area contributed by atoms with Gasteiger partial charge in [0, 0.05) is 36.7 Å². The second kappa shape index (κ2) is 8.59. The summed E-state index contributed by atoms with van der Waals surface area (Å²) >= 11 is 0. The monoisotopic (exact) mass is 505 g/mol. The van der Waals surface area contributed by atoms with E-state index in [4.69, 9.17) is 19.2 Å². The molecule has 5 fully saturated rings. The molecular formula is C29H41F2NO4. The molecule has 0 aromatic carbocycles. The summed E-state index contributed by atoms with van der Waals surface area (Å²) < 4.78 is 50.2. The summed E-state index contributed by atoms with van der Waals surface area (Å²) in [5, 5.41) is 0. The molecular weight excluding hydrogens is 464 g/mol. The fourth-order valence-corrected chi connectivity index (χ4v) is 8.63. The van der Waals surface area contributed by atoms with Crippen LogP contribution < -0.4 is 0 Å². The minimum absolute atomic E-state index is 0.0210. The first-order valence-electron chi connectivity index (χ1n) is 14.2. The summed E-state index contributed by atoms with van der Waals surface area (Å²) in [6.07, 6.45) is 11.0. The summed E-state index contributed by atoms with van der Waals surface area (Å²) in [4.78, 5) is 17.2. The van der Waals surface area contributed by atoms with Crippen LogP contribution in [0.5, 0.6) is 0 Å². The number of carbonyl (C=O) groups excluding carboxylic acids is 1. The van der Waals surface area contributed by atoms with E-state index >= 15 is 8.78 Å². The van der Waals surface area contributed by atoms with Crippen LogP contribution in [0.15, 0.2) is 16.6 Å². The van der Waals surface area contributed by atoms with Crippen LogP contribution in [-0.2, 0) is 19.0 Å². The van der Waals surface area contributed by atoms with E-state index in [9.17, 15) is 4.79 Å². The van der Waals surface area contributed by atoms with Crippen molar-refractivity contribution in [2.45, 2.75) is 122 Å². The number of fused-ring (bicyclic) bond motifs is 5. The smallest absolute Gasteiger partial charge is 0.333 e. The van der Waals surface area contributed by atoms with Crippen LogP contribution in [0.4, 0.5) is 8.78 Å². The van der Waals surface area contributed by atoms with Crippen LogP contribution in [0.3, 0.4) is 0 Å². The topological polar surface area (TPSA) is 57.1 Å². The van der Waals surface area contributed by atoms with Gasteiger partial charge in [-0.25, -0.2) is 0 Å². The fraction of sp³-hybridized carbons (Fsp3) is 0.862. The number of allylic oxidation sites excluding steroid dienone is 1. The summed E-state index contributed by atoms with van der Waals surface area (Å²) in [5.41, 5.74) is 1.00. The second-order valence-electron chi connectivity index (χ2n) is 12.8. The number of aliphatic imine (C=N–C) groups is 1. The Balaban J connectivity index is 1.32. The van der Waals surface area contributed by atoms with Crippen molar-refractivity contribution in [3.05, 3.63) is 11.6 Å². The number of rotatable bonds is 4. The van der Waals surface area contributed by atoms with Gasteiger partial charge in [0.05, 0.1) is 6.04 Å². The Morgan fingerprint density at radius 3 is 2.50 bits per heavy atom. The van der Waals surface area contributed by atoms with E-state index in [2.05, 4.69) is 6.92 Å². The van der Waals surface area contributed by atoms with Gasteiger partial charge in [0.2, 0.25) is 0 Å². The molecule has 0 radical (unpaired) electrons. The molecule has 7 atom stereocenters. The number of hydrogen-bond acceptors (Lipinski definition) is 5. The maximum atomic E-state index is 16.6. The molecule has 0 N–H and O–H groups in total. The summed E-state index contributed by atoms with van der Waals surface area (Å²) in [7, 11) is 0. The van der Waals surface area contributed by atoms with Crippen LogP contribution in [0.1, 0.15) is 97.8 Å². The highest BCUT2D eigenvalue weighted by molar-refractivity contribution is 5.92. The number of alkyl halides is 2. The molecule has 0 spiro atoms. The highest BCUT2D eigenvalue weighted by Crippen LogP contribution is 2.68. The Labute approximate surface area is 213 Å². The fourth-order valence-electron chi connectivity index (χ4n) is 8.63. The standard InChI is InChI=1S/C29H41F2NO4/c1-18(33)35-28(36-25-6-4-5-17-34-25)16-15-26(2)22-13-14-27(3)21(10-12-24(27)32-19-7-8-19)20(22)9-11-23(26)29(28,30)31/h11,19-22,25H,4-10,12-17H2,1-3H3/t20-,21-,22-,25?,26+,27-,28+/m0/s1. The summed E-state index contributed by atoms with van der Waals surface area (Å²) in [6.45, 7) is 6.09. The first-order valence-corrected chi connectivity index (χ1v) is 14.2. The Bertz CT molecular complexity index is 970. The van der Waals surface area contributed by atoms with Gasteiger partial charge < -0.3 is 14.2 Å². The van der Waals surface area contributed by atoms with Gasteiger partial charge in [-0.05, 0) is 93.8 Å². The molecule has 0 aromatic heterocycles. The second-order valence-corrected chi connectivity index (χ2v) is 12.8. The maximum absolute atomic E-state index is 16.6. The normalized spacial score (nSPS) is 46.9. The molecule has 5 nitrogen and oxygen atoms in total. The number of halogens is 2. The molecule has 4 saturated carbocycles. The van der Waals surface area contributed by atoms with Gasteiger partial charge in [0.25, 0.3) is 5.79 Å². The Hall–Kier alpha value is -1.34. The zero-order chi connectivity index (χ0) is 25.3. The largest absolute Gasteiger partial charge is 0.426 e. The van der Waals surface area contributed by atoms with Gasteiger partial charge in [-0.15, -0.1) is 0 Å². The summed E-state index contributed by atoms with van der Waals surface area (Å²) in [6, 6.07) is 0.531. The maximum Gasteiger partial charge on any atom is 0.333 e. The average molecular weight is 506 g/mol. The molecule has 1 heterocycles. The zero-order valence-electron chi connectivity index (χ0n) is 22.0. The van der Waals surface area contributed by atoms with Crippen molar-refractivity contribution in [3.63, 3.8) is 0 Å². The third-order valence-corrected chi connectivity index (χ3v) is 10.6. The van der Waals surface area contributed by atoms with Crippen molar-refractivity contribution >= 4 is 11.7 Å². The third-order valence-electron chi connectivity index (χ3n) is 10.6. The predicted octanol–water partition coefficient (Wildman–Crippen LogP) is 6.60. The molecule has 0 aromatic rings. The molecule has 6 aliphatic rings. The van der Waals surface area contributed by atoms with Crippen LogP contribution in [0.2, 0.25) is 0 Å².